The molecule has 9 heteroatoms. The van der Waals surface area contributed by atoms with E-state index in [1.54, 1.807) is 22.8 Å². The van der Waals surface area contributed by atoms with Gasteiger partial charge in [0, 0.05) is 18.1 Å². The van der Waals surface area contributed by atoms with Gasteiger partial charge in [0.2, 0.25) is 5.91 Å². The molecule has 0 saturated carbocycles. The molecule has 1 N–H and O–H groups in total. The van der Waals surface area contributed by atoms with Crippen molar-refractivity contribution in [3.8, 4) is 0 Å². The van der Waals surface area contributed by atoms with Gasteiger partial charge >= 0.3 is 5.69 Å². The van der Waals surface area contributed by atoms with Crippen LogP contribution in [0, 0.1) is 0 Å². The Morgan fingerprint density at radius 1 is 1.03 bits per heavy atom. The van der Waals surface area contributed by atoms with Crippen LogP contribution in [0.1, 0.15) is 18.1 Å². The molecule has 2 heterocycles. The van der Waals surface area contributed by atoms with E-state index in [0.717, 1.165) is 15.7 Å². The fraction of sp³-hybridized carbons (Fsp3) is 0.217. The summed E-state index contributed by atoms with van der Waals surface area (Å²) >= 11 is 5.98. The van der Waals surface area contributed by atoms with Crippen LogP contribution in [0.25, 0.3) is 11.2 Å². The van der Waals surface area contributed by atoms with Crippen LogP contribution in [-0.4, -0.2) is 24.6 Å². The van der Waals surface area contributed by atoms with E-state index in [1.165, 1.54) is 10.9 Å². The maximum atomic E-state index is 13.2. The Kier molecular flexibility index (Phi) is 6.23. The molecule has 0 saturated heterocycles. The minimum atomic E-state index is -0.578. The highest BCUT2D eigenvalue weighted by atomic mass is 35.5. The zero-order chi connectivity index (χ0) is 22.7. The Balaban J connectivity index is 1.69. The number of fused-ring (bicyclic) bond motifs is 1. The van der Waals surface area contributed by atoms with E-state index in [1.807, 2.05) is 43.3 Å². The summed E-state index contributed by atoms with van der Waals surface area (Å²) < 4.78 is 4.08. The molecule has 4 rings (SSSR count). The van der Waals surface area contributed by atoms with E-state index in [-0.39, 0.29) is 13.1 Å². The molecule has 0 radical (unpaired) electrons. The van der Waals surface area contributed by atoms with Crippen molar-refractivity contribution in [1.29, 1.82) is 0 Å². The van der Waals surface area contributed by atoms with E-state index < -0.39 is 23.7 Å². The molecule has 0 bridgehead atoms. The van der Waals surface area contributed by atoms with Crippen LogP contribution >= 0.6 is 11.6 Å². The van der Waals surface area contributed by atoms with Gasteiger partial charge in [-0.15, -0.1) is 0 Å². The largest absolute Gasteiger partial charge is 0.350 e. The van der Waals surface area contributed by atoms with Crippen LogP contribution in [-0.2, 0) is 31.0 Å². The Morgan fingerprint density at radius 2 is 1.78 bits per heavy atom. The van der Waals surface area contributed by atoms with Gasteiger partial charge in [-0.3, -0.25) is 14.2 Å². The van der Waals surface area contributed by atoms with Crippen molar-refractivity contribution < 1.29 is 4.79 Å². The minimum absolute atomic E-state index is 0.237. The van der Waals surface area contributed by atoms with Crippen LogP contribution < -0.4 is 16.6 Å². The molecular weight excluding hydrogens is 430 g/mol. The molecule has 0 aliphatic carbocycles. The normalized spacial score (nSPS) is 11.1. The van der Waals surface area contributed by atoms with E-state index >= 15 is 0 Å². The van der Waals surface area contributed by atoms with E-state index in [9.17, 15) is 14.4 Å². The van der Waals surface area contributed by atoms with Crippen LogP contribution in [0.4, 0.5) is 0 Å². The van der Waals surface area contributed by atoms with Gasteiger partial charge in [-0.25, -0.2) is 14.3 Å². The van der Waals surface area contributed by atoms with Crippen LogP contribution in [0.2, 0.25) is 5.02 Å². The zero-order valence-corrected chi connectivity index (χ0v) is 18.2. The van der Waals surface area contributed by atoms with Crippen molar-refractivity contribution in [2.45, 2.75) is 33.1 Å². The smallest absolute Gasteiger partial charge is 0.333 e. The van der Waals surface area contributed by atoms with Gasteiger partial charge in [0.25, 0.3) is 5.56 Å². The molecule has 0 aliphatic heterocycles. The lowest BCUT2D eigenvalue weighted by Gasteiger charge is -2.13. The number of rotatable bonds is 7. The summed E-state index contributed by atoms with van der Waals surface area (Å²) in [4.78, 5) is 43.3. The standard InChI is InChI=1S/C23H22ClN5O3/c1-2-27-15-26-21-20(27)22(31)29(23(32)28(21)13-16-7-4-3-5-8-16)14-19(30)25-12-17-9-6-10-18(24)11-17/h3-11,15H,2,12-14H2,1H3,(H,25,30). The van der Waals surface area contributed by atoms with E-state index in [4.69, 9.17) is 11.6 Å². The summed E-state index contributed by atoms with van der Waals surface area (Å²) in [5, 5.41) is 3.31. The molecule has 0 unspecified atom stereocenters. The highest BCUT2D eigenvalue weighted by Gasteiger charge is 2.19. The molecule has 4 aromatic rings. The molecule has 0 aliphatic rings. The lowest BCUT2D eigenvalue weighted by atomic mass is 10.2. The van der Waals surface area contributed by atoms with Crippen molar-refractivity contribution in [3.05, 3.63) is 97.9 Å². The maximum Gasteiger partial charge on any atom is 0.333 e. The number of hydrogen-bond acceptors (Lipinski definition) is 4. The first-order chi connectivity index (χ1) is 15.5. The summed E-state index contributed by atoms with van der Waals surface area (Å²) in [6.07, 6.45) is 1.54. The van der Waals surface area contributed by atoms with Gasteiger partial charge in [0.1, 0.15) is 6.54 Å². The third kappa shape index (κ3) is 4.36. The van der Waals surface area contributed by atoms with Crippen molar-refractivity contribution in [2.75, 3.05) is 0 Å². The highest BCUT2D eigenvalue weighted by molar-refractivity contribution is 6.30. The number of nitrogens with one attached hydrogen (secondary N) is 1. The third-order valence-electron chi connectivity index (χ3n) is 5.19. The van der Waals surface area contributed by atoms with Gasteiger partial charge in [-0.05, 0) is 30.2 Å². The van der Waals surface area contributed by atoms with Gasteiger partial charge < -0.3 is 9.88 Å². The van der Waals surface area contributed by atoms with Gasteiger partial charge in [0.15, 0.2) is 11.2 Å². The summed E-state index contributed by atoms with van der Waals surface area (Å²) in [5.41, 5.74) is 1.20. The summed E-state index contributed by atoms with van der Waals surface area (Å²) in [6.45, 7) is 2.48. The number of carbonyl (C=O) groups is 1. The molecule has 2 aromatic carbocycles. The SMILES string of the molecule is CCn1cnc2c1c(=O)n(CC(=O)NCc1cccc(Cl)c1)c(=O)n2Cc1ccccc1. The number of benzene rings is 2. The number of halogens is 1. The molecule has 2 aromatic heterocycles. The third-order valence-corrected chi connectivity index (χ3v) is 5.42. The number of amides is 1. The Morgan fingerprint density at radius 3 is 2.50 bits per heavy atom. The van der Waals surface area contributed by atoms with Crippen LogP contribution in [0.15, 0.2) is 70.5 Å². The average Bonchev–Trinajstić information content (AvgIpc) is 3.23. The van der Waals surface area contributed by atoms with Crippen LogP contribution in [0.5, 0.6) is 0 Å². The first-order valence-electron chi connectivity index (χ1n) is 10.2. The molecule has 32 heavy (non-hydrogen) atoms. The van der Waals surface area contributed by atoms with Gasteiger partial charge in [-0.1, -0.05) is 54.1 Å². The van der Waals surface area contributed by atoms with Crippen molar-refractivity contribution in [2.24, 2.45) is 0 Å². The number of imidazole rings is 1. The number of hydrogen-bond donors (Lipinski definition) is 1. The van der Waals surface area contributed by atoms with E-state index in [0.29, 0.717) is 22.7 Å². The lowest BCUT2D eigenvalue weighted by Crippen LogP contribution is -2.44. The van der Waals surface area contributed by atoms with E-state index in [2.05, 4.69) is 10.3 Å². The van der Waals surface area contributed by atoms with Crippen molar-refractivity contribution in [1.82, 2.24) is 24.0 Å². The van der Waals surface area contributed by atoms with Crippen LogP contribution in [0.3, 0.4) is 0 Å². The number of aromatic nitrogens is 4. The molecule has 164 valence electrons. The average molecular weight is 452 g/mol. The Bertz CT molecular complexity index is 1390. The summed E-state index contributed by atoms with van der Waals surface area (Å²) in [7, 11) is 0. The number of nitrogens with zero attached hydrogens (tertiary/aromatic N) is 4. The number of aryl methyl sites for hydroxylation is 1. The van der Waals surface area contributed by atoms with Gasteiger partial charge in [-0.2, -0.15) is 0 Å². The quantitative estimate of drug-likeness (QED) is 0.467. The Hall–Kier alpha value is -3.65. The number of carbonyl (C=O) groups excluding carboxylic acids is 1. The summed E-state index contributed by atoms with van der Waals surface area (Å²) in [5.74, 6) is -0.447. The predicted octanol–water partition coefficient (Wildman–Crippen LogP) is 2.40. The Labute approximate surface area is 188 Å². The van der Waals surface area contributed by atoms with Crippen molar-refractivity contribution >= 4 is 28.7 Å². The first kappa shape index (κ1) is 21.6. The monoisotopic (exact) mass is 451 g/mol. The molecule has 8 nitrogen and oxygen atoms in total. The molecular formula is C23H22ClN5O3. The maximum absolute atomic E-state index is 13.2. The molecule has 0 atom stereocenters. The molecule has 1 amide bonds. The molecule has 0 fully saturated rings. The van der Waals surface area contributed by atoms with Gasteiger partial charge in [0.05, 0.1) is 12.9 Å². The van der Waals surface area contributed by atoms with Crippen molar-refractivity contribution in [3.63, 3.8) is 0 Å². The second-order valence-corrected chi connectivity index (χ2v) is 7.79. The second-order valence-electron chi connectivity index (χ2n) is 7.36. The predicted molar refractivity (Wildman–Crippen MR) is 123 cm³/mol. The summed E-state index contributed by atoms with van der Waals surface area (Å²) in [6, 6.07) is 16.5. The minimum Gasteiger partial charge on any atom is -0.350 e. The molecule has 0 spiro atoms. The fourth-order valence-corrected chi connectivity index (χ4v) is 3.79. The highest BCUT2D eigenvalue weighted by Crippen LogP contribution is 2.11. The first-order valence-corrected chi connectivity index (χ1v) is 10.6. The second kappa shape index (κ2) is 9.23. The fourth-order valence-electron chi connectivity index (χ4n) is 3.57. The zero-order valence-electron chi connectivity index (χ0n) is 17.5. The topological polar surface area (TPSA) is 90.9 Å². The lowest BCUT2D eigenvalue weighted by molar-refractivity contribution is -0.121.